The lowest BCUT2D eigenvalue weighted by atomic mass is 9.57. The second-order valence-electron chi connectivity index (χ2n) is 7.87. The van der Waals surface area contributed by atoms with Crippen LogP contribution in [0.25, 0.3) is 5.76 Å². The van der Waals surface area contributed by atoms with Crippen LogP contribution in [-0.2, 0) is 14.4 Å². The first kappa shape index (κ1) is 17.8. The van der Waals surface area contributed by atoms with Gasteiger partial charge in [-0.25, -0.2) is 0 Å². The third kappa shape index (κ3) is 3.09. The summed E-state index contributed by atoms with van der Waals surface area (Å²) in [6.45, 7) is -7.12. The van der Waals surface area contributed by atoms with Crippen molar-refractivity contribution < 1.29 is 48.1 Å². The maximum absolute atomic E-state index is 13.8. The highest BCUT2D eigenvalue weighted by Crippen LogP contribution is 2.56. The molecule has 0 bridgehead atoms. The summed E-state index contributed by atoms with van der Waals surface area (Å²) >= 11 is 6.16. The fraction of sp³-hybridized carbons (Fsp3) is 0.381. The van der Waals surface area contributed by atoms with Crippen molar-refractivity contribution in [2.24, 2.45) is 17.6 Å². The number of primary amides is 1. The number of likely N-dealkylation sites (N-methyl/N-ethyl adjacent to an activating group) is 1. The molecule has 3 aliphatic rings. The van der Waals surface area contributed by atoms with Gasteiger partial charge < -0.3 is 31.3 Å². The van der Waals surface area contributed by atoms with Crippen LogP contribution in [0.4, 0.5) is 0 Å². The van der Waals surface area contributed by atoms with Crippen LogP contribution >= 0.6 is 24.0 Å². The average molecular weight is 507 g/mol. The molecule has 0 aromatic heterocycles. The number of aliphatic hydroxyl groups excluding tert-OH is 3. The van der Waals surface area contributed by atoms with Gasteiger partial charge in [-0.1, -0.05) is 11.6 Å². The first-order valence-electron chi connectivity index (χ1n) is 12.2. The summed E-state index contributed by atoms with van der Waals surface area (Å²) in [5, 5.41) is 54.7. The summed E-state index contributed by atoms with van der Waals surface area (Å²) in [5.41, 5.74) is -0.966. The number of aromatic hydroxyl groups is 1. The van der Waals surface area contributed by atoms with Crippen LogP contribution in [0.2, 0.25) is 5.02 Å². The lowest BCUT2D eigenvalue weighted by Gasteiger charge is -2.51. The van der Waals surface area contributed by atoms with E-state index in [0.717, 1.165) is 6.07 Å². The number of phenolic OH excluding ortho intramolecular Hbond substituents is 1. The Kier molecular flexibility index (Phi) is 4.31. The van der Waals surface area contributed by atoms with Crippen molar-refractivity contribution in [1.82, 2.24) is 4.90 Å². The number of nitrogens with zero attached hydrogens (tertiary/aromatic N) is 1. The van der Waals surface area contributed by atoms with E-state index in [-0.39, 0.29) is 27.9 Å². The first-order valence-corrected chi connectivity index (χ1v) is 9.62. The first-order chi connectivity index (χ1) is 17.3. The number of amides is 1. The van der Waals surface area contributed by atoms with Gasteiger partial charge in [0.2, 0.25) is 5.78 Å². The Morgan fingerprint density at radius 2 is 1.91 bits per heavy atom. The zero-order valence-electron chi connectivity index (χ0n) is 22.4. The Bertz CT molecular complexity index is 1350. The van der Waals surface area contributed by atoms with Gasteiger partial charge in [0.05, 0.1) is 17.7 Å². The Morgan fingerprint density at radius 1 is 1.27 bits per heavy atom. The molecule has 1 saturated carbocycles. The predicted molar refractivity (Wildman–Crippen MR) is 118 cm³/mol. The number of aliphatic hydroxyl groups is 4. The van der Waals surface area contributed by atoms with Gasteiger partial charge >= 0.3 is 0 Å². The molecule has 0 heterocycles. The molecule has 12 heteroatoms. The third-order valence-electron chi connectivity index (χ3n) is 6.36. The topological polar surface area (TPSA) is 182 Å². The largest absolute Gasteiger partial charge is 0.508 e. The second kappa shape index (κ2) is 8.00. The fourth-order valence-corrected chi connectivity index (χ4v) is 5.21. The molecule has 3 aliphatic carbocycles. The van der Waals surface area contributed by atoms with E-state index in [9.17, 15) is 39.9 Å². The van der Waals surface area contributed by atoms with Gasteiger partial charge in [-0.15, -0.1) is 12.4 Å². The van der Waals surface area contributed by atoms with Crippen LogP contribution in [0.3, 0.4) is 0 Å². The highest BCUT2D eigenvalue weighted by molar-refractivity contribution is 6.32. The van der Waals surface area contributed by atoms with Crippen molar-refractivity contribution in [3.05, 3.63) is 45.2 Å². The molecule has 0 spiro atoms. The molecule has 1 aromatic carbocycles. The van der Waals surface area contributed by atoms with Gasteiger partial charge in [0.25, 0.3) is 5.91 Å². The van der Waals surface area contributed by atoms with Crippen molar-refractivity contribution in [3.8, 4) is 5.75 Å². The normalized spacial score (nSPS) is 34.5. The van der Waals surface area contributed by atoms with E-state index in [1.54, 1.807) is 0 Å². The predicted octanol–water partition coefficient (Wildman–Crippen LogP) is 0.530. The highest BCUT2D eigenvalue weighted by Gasteiger charge is 2.65. The van der Waals surface area contributed by atoms with Crippen LogP contribution in [0.1, 0.15) is 31.9 Å². The minimum atomic E-state index is -3.56. The van der Waals surface area contributed by atoms with E-state index < -0.39 is 101 Å². The van der Waals surface area contributed by atoms with Gasteiger partial charge in [-0.3, -0.25) is 19.3 Å². The summed E-state index contributed by atoms with van der Waals surface area (Å²) in [7, 11) is 0. The maximum Gasteiger partial charge on any atom is 0.255 e. The Balaban J connectivity index is 0.00000420. The molecular formula is C21H22Cl2N2O8. The molecule has 1 aromatic rings. The highest BCUT2D eigenvalue weighted by atomic mass is 35.5. The summed E-state index contributed by atoms with van der Waals surface area (Å²) < 4.78 is 46.6. The minimum Gasteiger partial charge on any atom is -0.508 e. The average Bonchev–Trinajstić information content (AvgIpc) is 2.76. The Labute approximate surface area is 207 Å². The quantitative estimate of drug-likeness (QED) is 0.311. The number of hydrogen-bond donors (Lipinski definition) is 6. The van der Waals surface area contributed by atoms with Crippen LogP contribution < -0.4 is 5.73 Å². The number of nitrogens with two attached hydrogens (primary N) is 1. The molecule has 0 radical (unpaired) electrons. The lowest BCUT2D eigenvalue weighted by Crippen LogP contribution is -2.66. The smallest absolute Gasteiger partial charge is 0.255 e. The molecule has 5 atom stereocenters. The molecule has 1 fully saturated rings. The number of benzene rings is 1. The number of fused-ring (bicyclic) bond motifs is 3. The van der Waals surface area contributed by atoms with Gasteiger partial charge in [0, 0.05) is 36.2 Å². The minimum absolute atomic E-state index is 0. The second-order valence-corrected chi connectivity index (χ2v) is 8.28. The van der Waals surface area contributed by atoms with Crippen molar-refractivity contribution in [3.63, 3.8) is 0 Å². The molecule has 0 saturated heterocycles. The number of hydrogen-bond acceptors (Lipinski definition) is 9. The van der Waals surface area contributed by atoms with Crippen LogP contribution in [0, 0.1) is 11.8 Å². The molecule has 10 nitrogen and oxygen atoms in total. The molecule has 0 aliphatic heterocycles. The van der Waals surface area contributed by atoms with E-state index in [1.165, 1.54) is 6.07 Å². The van der Waals surface area contributed by atoms with Crippen molar-refractivity contribution in [2.45, 2.75) is 24.2 Å². The Hall–Kier alpha value is -2.63. The molecule has 1 amide bonds. The van der Waals surface area contributed by atoms with Gasteiger partial charge in [-0.2, -0.15) is 0 Å². The number of halogens is 2. The molecule has 33 heavy (non-hydrogen) atoms. The van der Waals surface area contributed by atoms with E-state index >= 15 is 0 Å². The summed E-state index contributed by atoms with van der Waals surface area (Å²) in [6.07, 6.45) is -2.54. The van der Waals surface area contributed by atoms with Gasteiger partial charge in [0.15, 0.2) is 11.4 Å². The van der Waals surface area contributed by atoms with Crippen molar-refractivity contribution in [2.75, 3.05) is 14.0 Å². The molecule has 7 N–H and O–H groups in total. The summed E-state index contributed by atoms with van der Waals surface area (Å²) in [4.78, 5) is 39.0. The molecule has 4 rings (SSSR count). The third-order valence-corrected chi connectivity index (χ3v) is 6.69. The SMILES string of the molecule is Cl.[2H]C([2H])([2H])N([C@@H]1C(=O)C(C(N)=O)=C(O)[C@@]2(O)C(=O)C3=C(O)c4c(O)ccc(Cl)c4[C@@H](O)[C@H]3C[C@@H]12)C([2H])([2H])[2H]. The number of carbonyl (C=O) groups excluding carboxylic acids is 3. The Morgan fingerprint density at radius 3 is 2.48 bits per heavy atom. The number of ketones is 2. The fourth-order valence-electron chi connectivity index (χ4n) is 4.94. The zero-order chi connectivity index (χ0) is 28.9. The number of carbonyl (C=O) groups is 3. The summed E-state index contributed by atoms with van der Waals surface area (Å²) in [6, 6.07) is -0.207. The number of Topliss-reactive ketones (excluding diaryl/α,β-unsaturated/α-hetero) is 2. The van der Waals surface area contributed by atoms with Crippen LogP contribution in [-0.4, -0.2) is 73.5 Å². The molecular weight excluding hydrogens is 479 g/mol. The van der Waals surface area contributed by atoms with E-state index in [0.29, 0.717) is 0 Å². The van der Waals surface area contributed by atoms with Crippen molar-refractivity contribution in [1.29, 1.82) is 0 Å². The van der Waals surface area contributed by atoms with Crippen LogP contribution in [0.5, 0.6) is 5.75 Å². The summed E-state index contributed by atoms with van der Waals surface area (Å²) in [5.74, 6) is -11.6. The van der Waals surface area contributed by atoms with E-state index in [4.69, 9.17) is 25.6 Å². The standard InChI is InChI=1S/C21H21ClN2O8.ClH/c1-24(2)14-7-5-6-10(16(27)12-9(25)4-3-8(22)11(12)15(6)26)18(29)21(7,32)19(30)13(17(14)28)20(23)31;/h3-4,6-7,14-15,25-27,30,32H,5H2,1-2H3,(H2,23,31);1H/t6-,7-,14-,15-,21-;/m0./s1/i1D3,2D3;. The van der Waals surface area contributed by atoms with E-state index in [1.807, 2.05) is 0 Å². The number of phenols is 1. The van der Waals surface area contributed by atoms with E-state index in [2.05, 4.69) is 0 Å². The van der Waals surface area contributed by atoms with Crippen molar-refractivity contribution >= 4 is 47.2 Å². The monoisotopic (exact) mass is 506 g/mol. The number of rotatable bonds is 2. The molecule has 0 unspecified atom stereocenters. The molecule has 178 valence electrons. The lowest BCUT2D eigenvalue weighted by molar-refractivity contribution is -0.155. The zero-order valence-corrected chi connectivity index (χ0v) is 18.0. The van der Waals surface area contributed by atoms with Gasteiger partial charge in [-0.05, 0) is 32.5 Å². The van der Waals surface area contributed by atoms with Crippen LogP contribution in [0.15, 0.2) is 29.0 Å². The van der Waals surface area contributed by atoms with Gasteiger partial charge in [0.1, 0.15) is 22.8 Å². The maximum atomic E-state index is 13.8.